The van der Waals surface area contributed by atoms with E-state index in [0.29, 0.717) is 17.7 Å². The lowest BCUT2D eigenvalue weighted by molar-refractivity contribution is -0.146. The molecule has 1 aromatic rings. The van der Waals surface area contributed by atoms with E-state index in [1.165, 1.54) is 0 Å². The van der Waals surface area contributed by atoms with Crippen LogP contribution in [-0.4, -0.2) is 17.1 Å². The summed E-state index contributed by atoms with van der Waals surface area (Å²) in [6.07, 6.45) is 1.64. The Hall–Kier alpha value is -1.42. The molecule has 1 aliphatic rings. The second-order valence-corrected chi connectivity index (χ2v) is 5.05. The van der Waals surface area contributed by atoms with Crippen LogP contribution in [0.5, 0.6) is 0 Å². The molecule has 1 aliphatic carbocycles. The van der Waals surface area contributed by atoms with Crippen LogP contribution in [0.4, 0.5) is 4.39 Å². The number of rotatable bonds is 4. The van der Waals surface area contributed by atoms with Crippen molar-refractivity contribution in [2.45, 2.75) is 39.3 Å². The van der Waals surface area contributed by atoms with E-state index >= 15 is 0 Å². The van der Waals surface area contributed by atoms with Crippen LogP contribution in [0.1, 0.15) is 29.5 Å². The average molecular weight is 251 g/mol. The maximum atomic E-state index is 13.5. The highest BCUT2D eigenvalue weighted by Crippen LogP contribution is 2.28. The molecule has 0 bridgehead atoms. The van der Waals surface area contributed by atoms with Gasteiger partial charge in [-0.15, -0.1) is 0 Å². The molecule has 2 N–H and O–H groups in total. The molecule has 18 heavy (non-hydrogen) atoms. The highest BCUT2D eigenvalue weighted by atomic mass is 19.1. The summed E-state index contributed by atoms with van der Waals surface area (Å²) in [5.41, 5.74) is 2.27. The van der Waals surface area contributed by atoms with E-state index in [1.807, 2.05) is 12.1 Å². The number of carboxylic acids is 1. The Morgan fingerprint density at radius 2 is 2.00 bits per heavy atom. The maximum Gasteiger partial charge on any atom is 0.308 e. The first-order valence-corrected chi connectivity index (χ1v) is 6.21. The Balaban J connectivity index is 1.97. The van der Waals surface area contributed by atoms with Crippen LogP contribution in [0.25, 0.3) is 0 Å². The van der Waals surface area contributed by atoms with E-state index in [-0.39, 0.29) is 17.8 Å². The van der Waals surface area contributed by atoms with E-state index in [9.17, 15) is 9.18 Å². The maximum absolute atomic E-state index is 13.5. The zero-order valence-electron chi connectivity index (χ0n) is 10.7. The van der Waals surface area contributed by atoms with Crippen molar-refractivity contribution >= 4 is 5.97 Å². The minimum absolute atomic E-state index is 0.0492. The first-order valence-electron chi connectivity index (χ1n) is 6.21. The predicted molar refractivity (Wildman–Crippen MR) is 66.9 cm³/mol. The van der Waals surface area contributed by atoms with Gasteiger partial charge in [0.05, 0.1) is 5.92 Å². The van der Waals surface area contributed by atoms with Gasteiger partial charge in [0.2, 0.25) is 0 Å². The zero-order valence-corrected chi connectivity index (χ0v) is 10.7. The molecule has 0 amide bonds. The van der Waals surface area contributed by atoms with E-state index in [0.717, 1.165) is 18.4 Å². The van der Waals surface area contributed by atoms with E-state index in [2.05, 4.69) is 5.32 Å². The fraction of sp³-hybridized carbons (Fsp3) is 0.500. The zero-order chi connectivity index (χ0) is 13.3. The molecule has 1 saturated carbocycles. The first kappa shape index (κ1) is 13.0. The van der Waals surface area contributed by atoms with Crippen LogP contribution < -0.4 is 5.32 Å². The van der Waals surface area contributed by atoms with Crippen molar-refractivity contribution in [3.63, 3.8) is 0 Å². The predicted octanol–water partition coefficient (Wildman–Crippen LogP) is 2.40. The van der Waals surface area contributed by atoms with Gasteiger partial charge in [-0.2, -0.15) is 0 Å². The summed E-state index contributed by atoms with van der Waals surface area (Å²) in [6, 6.07) is 3.67. The third-order valence-electron chi connectivity index (χ3n) is 3.66. The molecule has 0 saturated heterocycles. The smallest absolute Gasteiger partial charge is 0.308 e. The largest absolute Gasteiger partial charge is 0.481 e. The van der Waals surface area contributed by atoms with Gasteiger partial charge in [0, 0.05) is 12.6 Å². The van der Waals surface area contributed by atoms with Gasteiger partial charge in [0.25, 0.3) is 0 Å². The quantitative estimate of drug-likeness (QED) is 0.864. The molecule has 0 spiro atoms. The molecule has 0 aliphatic heterocycles. The standard InChI is InChI=1S/C14H18FNO2/c1-8-5-10(6-9(2)13(8)15)7-16-12-4-3-11(12)14(17)18/h5-6,11-12,16H,3-4,7H2,1-2H3,(H,17,18). The van der Waals surface area contributed by atoms with Crippen molar-refractivity contribution in [1.29, 1.82) is 0 Å². The van der Waals surface area contributed by atoms with Crippen LogP contribution in [0.15, 0.2) is 12.1 Å². The monoisotopic (exact) mass is 251 g/mol. The molecular weight excluding hydrogens is 233 g/mol. The average Bonchev–Trinajstić information content (AvgIpc) is 2.23. The Labute approximate surface area is 106 Å². The van der Waals surface area contributed by atoms with Crippen molar-refractivity contribution in [2.24, 2.45) is 5.92 Å². The highest BCUT2D eigenvalue weighted by Gasteiger charge is 2.35. The lowest BCUT2D eigenvalue weighted by atomic mass is 9.79. The van der Waals surface area contributed by atoms with Gasteiger partial charge >= 0.3 is 5.97 Å². The normalized spacial score (nSPS) is 22.6. The number of nitrogens with one attached hydrogen (secondary N) is 1. The second-order valence-electron chi connectivity index (χ2n) is 5.05. The van der Waals surface area contributed by atoms with Crippen molar-refractivity contribution < 1.29 is 14.3 Å². The molecule has 1 fully saturated rings. The fourth-order valence-corrected chi connectivity index (χ4v) is 2.43. The van der Waals surface area contributed by atoms with Crippen LogP contribution in [0, 0.1) is 25.6 Å². The summed E-state index contributed by atoms with van der Waals surface area (Å²) in [5, 5.41) is 12.2. The molecule has 4 heteroatoms. The molecule has 0 radical (unpaired) electrons. The van der Waals surface area contributed by atoms with Gasteiger partial charge in [0.15, 0.2) is 0 Å². The molecule has 3 nitrogen and oxygen atoms in total. The molecular formula is C14H18FNO2. The van der Waals surface area contributed by atoms with E-state index < -0.39 is 5.97 Å². The van der Waals surface area contributed by atoms with Crippen LogP contribution in [-0.2, 0) is 11.3 Å². The lowest BCUT2D eigenvalue weighted by Crippen LogP contribution is -2.47. The van der Waals surface area contributed by atoms with Crippen LogP contribution in [0.2, 0.25) is 0 Å². The SMILES string of the molecule is Cc1cc(CNC2CCC2C(=O)O)cc(C)c1F. The number of benzene rings is 1. The van der Waals surface area contributed by atoms with Crippen LogP contribution in [0.3, 0.4) is 0 Å². The van der Waals surface area contributed by atoms with Gasteiger partial charge in [-0.3, -0.25) is 4.79 Å². The summed E-state index contributed by atoms with van der Waals surface area (Å²) in [6.45, 7) is 4.08. The minimum atomic E-state index is -0.731. The molecule has 98 valence electrons. The van der Waals surface area contributed by atoms with Crippen molar-refractivity contribution in [1.82, 2.24) is 5.32 Å². The van der Waals surface area contributed by atoms with Gasteiger partial charge < -0.3 is 10.4 Å². The summed E-state index contributed by atoms with van der Waals surface area (Å²) < 4.78 is 13.5. The fourth-order valence-electron chi connectivity index (χ4n) is 2.43. The van der Waals surface area contributed by atoms with E-state index in [4.69, 9.17) is 5.11 Å². The van der Waals surface area contributed by atoms with Crippen molar-refractivity contribution in [3.05, 3.63) is 34.6 Å². The van der Waals surface area contributed by atoms with E-state index in [1.54, 1.807) is 13.8 Å². The summed E-state index contributed by atoms with van der Waals surface area (Å²) in [4.78, 5) is 10.9. The number of aryl methyl sites for hydroxylation is 2. The number of hydrogen-bond acceptors (Lipinski definition) is 2. The summed E-state index contributed by atoms with van der Waals surface area (Å²) in [7, 11) is 0. The van der Waals surface area contributed by atoms with Gasteiger partial charge in [0.1, 0.15) is 5.82 Å². The Bertz CT molecular complexity index is 450. The number of hydrogen-bond donors (Lipinski definition) is 2. The topological polar surface area (TPSA) is 49.3 Å². The minimum Gasteiger partial charge on any atom is -0.481 e. The number of carbonyl (C=O) groups is 1. The Morgan fingerprint density at radius 1 is 1.39 bits per heavy atom. The highest BCUT2D eigenvalue weighted by molar-refractivity contribution is 5.72. The third-order valence-corrected chi connectivity index (χ3v) is 3.66. The van der Waals surface area contributed by atoms with Crippen molar-refractivity contribution in [2.75, 3.05) is 0 Å². The van der Waals surface area contributed by atoms with Gasteiger partial charge in [-0.1, -0.05) is 12.1 Å². The number of aliphatic carboxylic acids is 1. The van der Waals surface area contributed by atoms with Crippen LogP contribution >= 0.6 is 0 Å². The molecule has 1 aromatic carbocycles. The number of halogens is 1. The molecule has 2 unspecified atom stereocenters. The second kappa shape index (κ2) is 5.06. The summed E-state index contributed by atoms with van der Waals surface area (Å²) in [5.74, 6) is -1.16. The molecule has 0 aromatic heterocycles. The number of carboxylic acid groups (broad SMARTS) is 1. The lowest BCUT2D eigenvalue weighted by Gasteiger charge is -2.34. The van der Waals surface area contributed by atoms with Gasteiger partial charge in [-0.25, -0.2) is 4.39 Å². The first-order chi connectivity index (χ1) is 8.49. The third kappa shape index (κ3) is 2.53. The Kier molecular flexibility index (Phi) is 3.66. The molecule has 0 heterocycles. The van der Waals surface area contributed by atoms with Gasteiger partial charge in [-0.05, 0) is 43.4 Å². The molecule has 2 rings (SSSR count). The van der Waals surface area contributed by atoms with Crippen molar-refractivity contribution in [3.8, 4) is 0 Å². The Morgan fingerprint density at radius 3 is 2.44 bits per heavy atom. The molecule has 2 atom stereocenters. The summed E-state index contributed by atoms with van der Waals surface area (Å²) >= 11 is 0.